The van der Waals surface area contributed by atoms with E-state index in [0.717, 1.165) is 6.42 Å². The van der Waals surface area contributed by atoms with Gasteiger partial charge in [0.2, 0.25) is 0 Å². The molecule has 0 heterocycles. The Labute approximate surface area is 123 Å². The molecule has 1 saturated carbocycles. The molecular weight excluding hydrogens is 308 g/mol. The molecule has 1 rings (SSSR count). The number of carbonyl (C=O) groups is 1. The fourth-order valence-corrected chi connectivity index (χ4v) is 3.33. The highest BCUT2D eigenvalue weighted by atomic mass is 79.9. The molecule has 19 heavy (non-hydrogen) atoms. The molecule has 1 N–H and O–H groups in total. The number of aliphatic hydroxyl groups is 1. The second kappa shape index (κ2) is 5.68. The summed E-state index contributed by atoms with van der Waals surface area (Å²) in [5, 5.41) is 10.8. The van der Waals surface area contributed by atoms with Gasteiger partial charge in [-0.3, -0.25) is 0 Å². The summed E-state index contributed by atoms with van der Waals surface area (Å²) >= 11 is 3.05. The van der Waals surface area contributed by atoms with E-state index in [0.29, 0.717) is 13.0 Å². The maximum absolute atomic E-state index is 11.4. The van der Waals surface area contributed by atoms with Gasteiger partial charge in [-0.05, 0) is 30.0 Å². The zero-order valence-corrected chi connectivity index (χ0v) is 13.5. The Bertz CT molecular complexity index is 444. The third-order valence-corrected chi connectivity index (χ3v) is 3.85. The van der Waals surface area contributed by atoms with E-state index in [-0.39, 0.29) is 11.4 Å². The molecule has 0 aromatic heterocycles. The predicted molar refractivity (Wildman–Crippen MR) is 78.5 cm³/mol. The summed E-state index contributed by atoms with van der Waals surface area (Å²) < 4.78 is 4.87. The van der Waals surface area contributed by atoms with Gasteiger partial charge in [-0.2, -0.15) is 0 Å². The van der Waals surface area contributed by atoms with Crippen LogP contribution in [0.3, 0.4) is 0 Å². The molecule has 0 saturated heterocycles. The van der Waals surface area contributed by atoms with Gasteiger partial charge in [-0.1, -0.05) is 32.8 Å². The Hall–Kier alpha value is -0.790. The van der Waals surface area contributed by atoms with Crippen molar-refractivity contribution in [2.24, 2.45) is 10.8 Å². The lowest BCUT2D eigenvalue weighted by Crippen LogP contribution is -2.39. The minimum atomic E-state index is -1.14. The Balaban J connectivity index is 3.05. The van der Waals surface area contributed by atoms with E-state index in [4.69, 9.17) is 4.74 Å². The van der Waals surface area contributed by atoms with Crippen molar-refractivity contribution in [3.05, 3.63) is 12.2 Å². The van der Waals surface area contributed by atoms with E-state index in [1.807, 2.05) is 6.92 Å². The second-order valence-electron chi connectivity index (χ2n) is 6.10. The highest BCUT2D eigenvalue weighted by Gasteiger charge is 2.55. The van der Waals surface area contributed by atoms with Gasteiger partial charge >= 0.3 is 5.97 Å². The van der Waals surface area contributed by atoms with Crippen molar-refractivity contribution in [1.82, 2.24) is 0 Å². The Kier molecular flexibility index (Phi) is 4.86. The first-order chi connectivity index (χ1) is 8.68. The Morgan fingerprint density at radius 3 is 2.58 bits per heavy atom. The van der Waals surface area contributed by atoms with Gasteiger partial charge < -0.3 is 9.84 Å². The molecule has 2 atom stereocenters. The number of halogens is 1. The molecule has 0 unspecified atom stereocenters. The average Bonchev–Trinajstić information content (AvgIpc) is 2.43. The molecule has 0 aromatic carbocycles. The Morgan fingerprint density at radius 2 is 2.05 bits per heavy atom. The lowest BCUT2D eigenvalue weighted by molar-refractivity contribution is -0.137. The van der Waals surface area contributed by atoms with Crippen LogP contribution in [-0.4, -0.2) is 23.3 Å². The number of hydrogen-bond acceptors (Lipinski definition) is 3. The average molecular weight is 329 g/mol. The van der Waals surface area contributed by atoms with Gasteiger partial charge in [0.25, 0.3) is 0 Å². The monoisotopic (exact) mass is 328 g/mol. The van der Waals surface area contributed by atoms with Crippen LogP contribution in [0.25, 0.3) is 0 Å². The maximum Gasteiger partial charge on any atom is 0.330 e. The quantitative estimate of drug-likeness (QED) is 0.492. The van der Waals surface area contributed by atoms with E-state index < -0.39 is 11.0 Å². The first kappa shape index (κ1) is 16.3. The first-order valence-electron chi connectivity index (χ1n) is 6.39. The molecule has 1 fully saturated rings. The van der Waals surface area contributed by atoms with Crippen LogP contribution in [0, 0.1) is 21.6 Å². The zero-order chi connectivity index (χ0) is 14.7. The van der Waals surface area contributed by atoms with E-state index in [1.165, 1.54) is 6.08 Å². The topological polar surface area (TPSA) is 46.5 Å². The van der Waals surface area contributed by atoms with Crippen molar-refractivity contribution in [1.29, 1.82) is 0 Å². The molecule has 0 aromatic rings. The first-order valence-corrected chi connectivity index (χ1v) is 7.18. The van der Waals surface area contributed by atoms with Crippen LogP contribution < -0.4 is 0 Å². The third-order valence-electron chi connectivity index (χ3n) is 3.65. The number of ether oxygens (including phenoxy) is 1. The van der Waals surface area contributed by atoms with Gasteiger partial charge in [0, 0.05) is 27.4 Å². The van der Waals surface area contributed by atoms with E-state index >= 15 is 0 Å². The summed E-state index contributed by atoms with van der Waals surface area (Å²) in [7, 11) is 0. The lowest BCUT2D eigenvalue weighted by Gasteiger charge is -2.32. The standard InChI is InChI=1S/C15H21BrO3/c1-5-19-12(17)6-7-14(4)10-13(2,3)11-15(14,18)8-9-16/h6-7,18H,5,10-11H2,1-4H3/b7-6+/t14-,15-/m0/s1. The summed E-state index contributed by atoms with van der Waals surface area (Å²) in [4.78, 5) is 14.1. The number of rotatable bonds is 3. The molecular formula is C15H21BrO3. The molecule has 0 bridgehead atoms. The molecule has 0 spiro atoms. The lowest BCUT2D eigenvalue weighted by atomic mass is 9.76. The van der Waals surface area contributed by atoms with Crippen molar-refractivity contribution < 1.29 is 14.6 Å². The SMILES string of the molecule is CCOC(=O)/C=C/[C@@]1(C)CC(C)(C)C[C@@]1(O)C#CBr. The number of hydrogen-bond donors (Lipinski definition) is 1. The molecule has 0 amide bonds. The summed E-state index contributed by atoms with van der Waals surface area (Å²) in [5.41, 5.74) is -1.73. The van der Waals surface area contributed by atoms with Gasteiger partial charge in [-0.15, -0.1) is 0 Å². The largest absolute Gasteiger partial charge is 0.463 e. The number of carbonyl (C=O) groups excluding carboxylic acids is 1. The van der Waals surface area contributed by atoms with Crippen LogP contribution in [0.1, 0.15) is 40.5 Å². The molecule has 1 aliphatic carbocycles. The van der Waals surface area contributed by atoms with Crippen molar-refractivity contribution >= 4 is 21.9 Å². The Morgan fingerprint density at radius 1 is 1.42 bits per heavy atom. The molecule has 0 aliphatic heterocycles. The van der Waals surface area contributed by atoms with Crippen LogP contribution in [-0.2, 0) is 9.53 Å². The minimum absolute atomic E-state index is 0.0284. The van der Waals surface area contributed by atoms with Crippen LogP contribution in [0.2, 0.25) is 0 Å². The third kappa shape index (κ3) is 3.61. The smallest absolute Gasteiger partial charge is 0.330 e. The van der Waals surface area contributed by atoms with Crippen LogP contribution >= 0.6 is 15.9 Å². The van der Waals surface area contributed by atoms with E-state index in [1.54, 1.807) is 13.0 Å². The maximum atomic E-state index is 11.4. The highest BCUT2D eigenvalue weighted by molar-refractivity contribution is 9.12. The molecule has 1 aliphatic rings. The zero-order valence-electron chi connectivity index (χ0n) is 11.9. The van der Waals surface area contributed by atoms with Gasteiger partial charge in [0.15, 0.2) is 0 Å². The summed E-state index contributed by atoms with van der Waals surface area (Å²) in [6.07, 6.45) is 4.46. The second-order valence-corrected chi connectivity index (χ2v) is 6.50. The van der Waals surface area contributed by atoms with E-state index in [9.17, 15) is 9.90 Å². The predicted octanol–water partition coefficient (Wildman–Crippen LogP) is 3.02. The van der Waals surface area contributed by atoms with Crippen molar-refractivity contribution in [2.45, 2.75) is 46.1 Å². The summed E-state index contributed by atoms with van der Waals surface area (Å²) in [6.45, 7) is 8.22. The van der Waals surface area contributed by atoms with Gasteiger partial charge in [0.1, 0.15) is 5.60 Å². The van der Waals surface area contributed by atoms with Crippen LogP contribution in [0.4, 0.5) is 0 Å². The van der Waals surface area contributed by atoms with Crippen LogP contribution in [0.5, 0.6) is 0 Å². The van der Waals surface area contributed by atoms with Crippen LogP contribution in [0.15, 0.2) is 12.2 Å². The summed E-state index contributed by atoms with van der Waals surface area (Å²) in [6, 6.07) is 0. The van der Waals surface area contributed by atoms with Crippen molar-refractivity contribution in [3.8, 4) is 10.8 Å². The van der Waals surface area contributed by atoms with Gasteiger partial charge in [0.05, 0.1) is 6.61 Å². The van der Waals surface area contributed by atoms with Crippen molar-refractivity contribution in [2.75, 3.05) is 6.61 Å². The molecule has 0 radical (unpaired) electrons. The fraction of sp³-hybridized carbons (Fsp3) is 0.667. The molecule has 106 valence electrons. The minimum Gasteiger partial charge on any atom is -0.463 e. The van der Waals surface area contributed by atoms with Gasteiger partial charge in [-0.25, -0.2) is 4.79 Å². The molecule has 3 nitrogen and oxygen atoms in total. The fourth-order valence-electron chi connectivity index (χ4n) is 3.00. The number of esters is 1. The molecule has 4 heteroatoms. The highest BCUT2D eigenvalue weighted by Crippen LogP contribution is 2.55. The summed E-state index contributed by atoms with van der Waals surface area (Å²) in [5.74, 6) is 2.46. The van der Waals surface area contributed by atoms with E-state index in [2.05, 4.69) is 40.5 Å². The van der Waals surface area contributed by atoms with Crippen molar-refractivity contribution in [3.63, 3.8) is 0 Å². The normalized spacial score (nSPS) is 32.9.